The third kappa shape index (κ3) is 4.61. The van der Waals surface area contributed by atoms with Crippen LogP contribution in [-0.2, 0) is 9.53 Å². The molecule has 0 saturated carbocycles. The van der Waals surface area contributed by atoms with Crippen molar-refractivity contribution in [3.8, 4) is 0 Å². The molecule has 0 bridgehead atoms. The van der Waals surface area contributed by atoms with Gasteiger partial charge in [0.25, 0.3) is 0 Å². The van der Waals surface area contributed by atoms with Gasteiger partial charge < -0.3 is 15.4 Å². The lowest BCUT2D eigenvalue weighted by atomic mass is 10.0. The summed E-state index contributed by atoms with van der Waals surface area (Å²) in [5, 5.41) is 0. The Labute approximate surface area is 103 Å². The molecule has 1 aliphatic rings. The number of allylic oxidation sites excluding steroid dienone is 2. The Balaban J connectivity index is 2.19. The number of nitrogens with two attached hydrogens (primary N) is 1. The molecule has 0 spiro atoms. The van der Waals surface area contributed by atoms with Crippen LogP contribution >= 0.6 is 0 Å². The lowest BCUT2D eigenvalue weighted by Gasteiger charge is -2.21. The van der Waals surface area contributed by atoms with Crippen LogP contribution in [0.5, 0.6) is 0 Å². The van der Waals surface area contributed by atoms with E-state index in [4.69, 9.17) is 10.5 Å². The summed E-state index contributed by atoms with van der Waals surface area (Å²) in [5.74, 6) is -0.129. The Hall–Kier alpha value is -1.29. The summed E-state index contributed by atoms with van der Waals surface area (Å²) in [6.45, 7) is 5.94. The first-order valence-corrected chi connectivity index (χ1v) is 6.14. The van der Waals surface area contributed by atoms with E-state index in [0.717, 1.165) is 13.0 Å². The minimum Gasteiger partial charge on any atom is -0.463 e. The normalized spacial score (nSPS) is 17.9. The number of nitrogens with zero attached hydrogens (tertiary/aromatic N) is 1. The topological polar surface area (TPSA) is 55.6 Å². The summed E-state index contributed by atoms with van der Waals surface area (Å²) in [6, 6.07) is -0.503. The summed E-state index contributed by atoms with van der Waals surface area (Å²) >= 11 is 0. The van der Waals surface area contributed by atoms with E-state index in [1.54, 1.807) is 0 Å². The smallest absolute Gasteiger partial charge is 0.323 e. The van der Waals surface area contributed by atoms with Crippen LogP contribution < -0.4 is 5.73 Å². The molecule has 0 aliphatic carbocycles. The molecular formula is C13H22N2O2. The minimum absolute atomic E-state index is 0.167. The molecule has 4 heteroatoms. The van der Waals surface area contributed by atoms with Gasteiger partial charge in [-0.3, -0.25) is 4.79 Å². The number of hydrogen-bond donors (Lipinski definition) is 1. The number of ether oxygens (including phenoxy) is 1. The fraction of sp³-hybridized carbons (Fsp3) is 0.615. The van der Waals surface area contributed by atoms with Gasteiger partial charge in [0.2, 0.25) is 0 Å². The van der Waals surface area contributed by atoms with Crippen molar-refractivity contribution in [3.63, 3.8) is 0 Å². The summed E-state index contributed by atoms with van der Waals surface area (Å²) < 4.78 is 5.17. The number of rotatable bonds is 6. The van der Waals surface area contributed by atoms with Gasteiger partial charge in [-0.05, 0) is 18.2 Å². The minimum atomic E-state index is -0.503. The molecule has 0 amide bonds. The molecule has 0 radical (unpaired) electrons. The molecule has 2 N–H and O–H groups in total. The Kier molecular flexibility index (Phi) is 5.77. The standard InChI is InChI=1S/C13H22N2O2/c1-3-11(2)12(14)13(16)17-10-9-15-7-5-4-6-8-15/h4-7,11-12H,3,8-10,14H2,1-2H3. The number of carbonyl (C=O) groups excluding carboxylic acids is 1. The van der Waals surface area contributed by atoms with Gasteiger partial charge in [0, 0.05) is 6.54 Å². The van der Waals surface area contributed by atoms with Crippen molar-refractivity contribution in [2.75, 3.05) is 19.7 Å². The van der Waals surface area contributed by atoms with Gasteiger partial charge in [-0.1, -0.05) is 32.4 Å². The predicted octanol–water partition coefficient (Wildman–Crippen LogP) is 1.29. The molecule has 0 aromatic rings. The zero-order valence-electron chi connectivity index (χ0n) is 10.6. The van der Waals surface area contributed by atoms with Gasteiger partial charge in [-0.25, -0.2) is 0 Å². The van der Waals surface area contributed by atoms with Crippen LogP contribution in [0.3, 0.4) is 0 Å². The molecule has 1 aliphatic heterocycles. The van der Waals surface area contributed by atoms with Crippen LogP contribution in [0, 0.1) is 5.92 Å². The third-order valence-electron chi connectivity index (χ3n) is 3.04. The fourth-order valence-electron chi connectivity index (χ4n) is 1.52. The van der Waals surface area contributed by atoms with Gasteiger partial charge in [0.05, 0.1) is 6.54 Å². The van der Waals surface area contributed by atoms with E-state index in [-0.39, 0.29) is 11.9 Å². The number of esters is 1. The van der Waals surface area contributed by atoms with E-state index in [1.807, 2.05) is 32.2 Å². The lowest BCUT2D eigenvalue weighted by Crippen LogP contribution is -2.39. The van der Waals surface area contributed by atoms with Gasteiger partial charge >= 0.3 is 5.97 Å². The second-order valence-corrected chi connectivity index (χ2v) is 4.34. The van der Waals surface area contributed by atoms with Crippen LogP contribution in [0.25, 0.3) is 0 Å². The van der Waals surface area contributed by atoms with Crippen LogP contribution in [-0.4, -0.2) is 36.6 Å². The van der Waals surface area contributed by atoms with Crippen LogP contribution in [0.1, 0.15) is 20.3 Å². The maximum atomic E-state index is 11.6. The maximum absolute atomic E-state index is 11.6. The molecule has 2 atom stereocenters. The van der Waals surface area contributed by atoms with E-state index in [0.29, 0.717) is 13.2 Å². The molecule has 1 heterocycles. The van der Waals surface area contributed by atoms with Gasteiger partial charge in [0.1, 0.15) is 12.6 Å². The van der Waals surface area contributed by atoms with Crippen molar-refractivity contribution in [3.05, 3.63) is 24.4 Å². The molecule has 4 nitrogen and oxygen atoms in total. The Morgan fingerprint density at radius 2 is 2.29 bits per heavy atom. The Morgan fingerprint density at radius 3 is 2.88 bits per heavy atom. The monoisotopic (exact) mass is 238 g/mol. The van der Waals surface area contributed by atoms with Crippen molar-refractivity contribution >= 4 is 5.97 Å². The second-order valence-electron chi connectivity index (χ2n) is 4.34. The SMILES string of the molecule is CCC(C)C(N)C(=O)OCCN1C=CC=CC1. The number of hydrogen-bond acceptors (Lipinski definition) is 4. The second kappa shape index (κ2) is 7.12. The molecule has 0 aromatic carbocycles. The van der Waals surface area contributed by atoms with Gasteiger partial charge in [-0.2, -0.15) is 0 Å². The van der Waals surface area contributed by atoms with Crippen molar-refractivity contribution in [1.82, 2.24) is 4.90 Å². The molecule has 96 valence electrons. The highest BCUT2D eigenvalue weighted by Gasteiger charge is 2.20. The largest absolute Gasteiger partial charge is 0.463 e. The van der Waals surface area contributed by atoms with Crippen LogP contribution in [0.15, 0.2) is 24.4 Å². The molecule has 2 unspecified atom stereocenters. The Bertz CT molecular complexity index is 300. The van der Waals surface area contributed by atoms with E-state index in [9.17, 15) is 4.79 Å². The van der Waals surface area contributed by atoms with Crippen molar-refractivity contribution in [1.29, 1.82) is 0 Å². The van der Waals surface area contributed by atoms with Crippen molar-refractivity contribution in [2.45, 2.75) is 26.3 Å². The van der Waals surface area contributed by atoms with E-state index < -0.39 is 6.04 Å². The van der Waals surface area contributed by atoms with Crippen LogP contribution in [0.4, 0.5) is 0 Å². The summed E-state index contributed by atoms with van der Waals surface area (Å²) in [4.78, 5) is 13.7. The van der Waals surface area contributed by atoms with Crippen molar-refractivity contribution in [2.24, 2.45) is 11.7 Å². The fourth-order valence-corrected chi connectivity index (χ4v) is 1.52. The van der Waals surface area contributed by atoms with Gasteiger partial charge in [0.15, 0.2) is 0 Å². The first-order valence-electron chi connectivity index (χ1n) is 6.14. The average Bonchev–Trinajstić information content (AvgIpc) is 2.38. The molecule has 0 fully saturated rings. The molecule has 0 saturated heterocycles. The molecule has 1 rings (SSSR count). The van der Waals surface area contributed by atoms with E-state index in [2.05, 4.69) is 11.0 Å². The van der Waals surface area contributed by atoms with Crippen molar-refractivity contribution < 1.29 is 9.53 Å². The summed E-state index contributed by atoms with van der Waals surface area (Å²) in [6.07, 6.45) is 8.91. The maximum Gasteiger partial charge on any atom is 0.323 e. The first kappa shape index (κ1) is 13.8. The quantitative estimate of drug-likeness (QED) is 0.708. The lowest BCUT2D eigenvalue weighted by molar-refractivity contribution is -0.146. The highest BCUT2D eigenvalue weighted by Crippen LogP contribution is 2.07. The third-order valence-corrected chi connectivity index (χ3v) is 3.04. The first-order chi connectivity index (χ1) is 8.15. The summed E-state index contributed by atoms with van der Waals surface area (Å²) in [7, 11) is 0. The van der Waals surface area contributed by atoms with Crippen LogP contribution in [0.2, 0.25) is 0 Å². The van der Waals surface area contributed by atoms with Gasteiger partial charge in [-0.15, -0.1) is 0 Å². The molecule has 17 heavy (non-hydrogen) atoms. The Morgan fingerprint density at radius 1 is 1.53 bits per heavy atom. The average molecular weight is 238 g/mol. The zero-order valence-corrected chi connectivity index (χ0v) is 10.6. The summed E-state index contributed by atoms with van der Waals surface area (Å²) in [5.41, 5.74) is 5.78. The zero-order chi connectivity index (χ0) is 12.7. The predicted molar refractivity (Wildman–Crippen MR) is 68.2 cm³/mol. The highest BCUT2D eigenvalue weighted by atomic mass is 16.5. The number of carbonyl (C=O) groups is 1. The van der Waals surface area contributed by atoms with E-state index in [1.165, 1.54) is 0 Å². The van der Waals surface area contributed by atoms with E-state index >= 15 is 0 Å². The molecule has 0 aromatic heterocycles. The molecular weight excluding hydrogens is 216 g/mol. The highest BCUT2D eigenvalue weighted by molar-refractivity contribution is 5.75.